The molecular weight excluding hydrogens is 310 g/mol. The molecule has 1 aliphatic heterocycles. The molecule has 1 saturated heterocycles. The van der Waals surface area contributed by atoms with Crippen molar-refractivity contribution in [2.75, 3.05) is 20.1 Å². The molecule has 3 N–H and O–H groups in total. The lowest BCUT2D eigenvalue weighted by atomic mass is 9.94. The lowest BCUT2D eigenvalue weighted by molar-refractivity contribution is 0.421. The summed E-state index contributed by atoms with van der Waals surface area (Å²) in [6.07, 6.45) is 3.63. The van der Waals surface area contributed by atoms with E-state index >= 15 is 0 Å². The quantitative estimate of drug-likeness (QED) is 0.629. The van der Waals surface area contributed by atoms with E-state index in [4.69, 9.17) is 4.52 Å². The molecule has 24 heavy (non-hydrogen) atoms. The largest absolute Gasteiger partial charge is 0.334 e. The number of fused-ring (bicyclic) bond motifs is 1. The zero-order valence-electron chi connectivity index (χ0n) is 13.4. The first-order chi connectivity index (χ1) is 11.8. The zero-order chi connectivity index (χ0) is 16.5. The van der Waals surface area contributed by atoms with Crippen LogP contribution in [0.2, 0.25) is 0 Å². The molecule has 0 bridgehead atoms. The van der Waals surface area contributed by atoms with Crippen molar-refractivity contribution in [2.24, 2.45) is 0 Å². The van der Waals surface area contributed by atoms with Crippen molar-refractivity contribution < 1.29 is 4.52 Å². The van der Waals surface area contributed by atoms with Crippen LogP contribution in [0.5, 0.6) is 0 Å². The molecule has 0 unspecified atom stereocenters. The van der Waals surface area contributed by atoms with Gasteiger partial charge in [0.2, 0.25) is 0 Å². The lowest BCUT2D eigenvalue weighted by Gasteiger charge is -2.23. The van der Waals surface area contributed by atoms with Gasteiger partial charge in [-0.15, -0.1) is 0 Å². The Kier molecular flexibility index (Phi) is 3.87. The predicted octanol–water partition coefficient (Wildman–Crippen LogP) is 0.259. The second kappa shape index (κ2) is 6.17. The van der Waals surface area contributed by atoms with Crippen molar-refractivity contribution in [3.8, 4) is 11.5 Å². The number of aromatic amines is 1. The van der Waals surface area contributed by atoms with Crippen LogP contribution >= 0.6 is 0 Å². The maximum absolute atomic E-state index is 12.1. The molecule has 0 amide bonds. The standard InChI is InChI=1S/C15H19N7O2/c1-16-8-12-19-15(24-21-12)10-7-18-22-11(6-13(23)20-14(10)22)9-2-4-17-5-3-9/h6-7,9,16-17H,2-5,8H2,1H3,(H,20,23). The van der Waals surface area contributed by atoms with Crippen LogP contribution in [0.3, 0.4) is 0 Å². The number of aromatic nitrogens is 5. The second-order valence-corrected chi connectivity index (χ2v) is 5.95. The van der Waals surface area contributed by atoms with E-state index in [1.165, 1.54) is 0 Å². The summed E-state index contributed by atoms with van der Waals surface area (Å²) < 4.78 is 7.09. The third kappa shape index (κ3) is 2.61. The second-order valence-electron chi connectivity index (χ2n) is 5.95. The first kappa shape index (κ1) is 15.0. The van der Waals surface area contributed by atoms with Gasteiger partial charge >= 0.3 is 0 Å². The Bertz CT molecular complexity index is 904. The third-order valence-electron chi connectivity index (χ3n) is 4.33. The lowest BCUT2D eigenvalue weighted by Crippen LogP contribution is -2.28. The van der Waals surface area contributed by atoms with Gasteiger partial charge < -0.3 is 20.1 Å². The number of piperidine rings is 1. The van der Waals surface area contributed by atoms with Gasteiger partial charge in [0.15, 0.2) is 5.82 Å². The summed E-state index contributed by atoms with van der Waals surface area (Å²) in [7, 11) is 1.81. The van der Waals surface area contributed by atoms with E-state index < -0.39 is 0 Å². The zero-order valence-corrected chi connectivity index (χ0v) is 13.4. The monoisotopic (exact) mass is 329 g/mol. The van der Waals surface area contributed by atoms with Crippen molar-refractivity contribution in [3.05, 3.63) is 34.1 Å². The van der Waals surface area contributed by atoms with Crippen LogP contribution in [0.1, 0.15) is 30.3 Å². The van der Waals surface area contributed by atoms with Crippen molar-refractivity contribution in [2.45, 2.75) is 25.3 Å². The molecular formula is C15H19N7O2. The number of nitrogens with one attached hydrogen (secondary N) is 3. The summed E-state index contributed by atoms with van der Waals surface area (Å²) in [6, 6.07) is 1.64. The van der Waals surface area contributed by atoms with Crippen molar-refractivity contribution in [1.82, 2.24) is 35.4 Å². The highest BCUT2D eigenvalue weighted by Gasteiger charge is 2.22. The van der Waals surface area contributed by atoms with Crippen LogP contribution in [0.15, 0.2) is 21.6 Å². The average molecular weight is 329 g/mol. The Morgan fingerprint density at radius 1 is 1.42 bits per heavy atom. The highest BCUT2D eigenvalue weighted by Crippen LogP contribution is 2.27. The Morgan fingerprint density at radius 2 is 2.25 bits per heavy atom. The van der Waals surface area contributed by atoms with Gasteiger partial charge in [0, 0.05) is 12.0 Å². The van der Waals surface area contributed by atoms with E-state index in [1.807, 2.05) is 7.05 Å². The van der Waals surface area contributed by atoms with Crippen LogP contribution in [0, 0.1) is 0 Å². The van der Waals surface area contributed by atoms with Gasteiger partial charge in [-0.3, -0.25) is 4.79 Å². The fourth-order valence-electron chi connectivity index (χ4n) is 3.17. The Labute approximate surface area is 137 Å². The fraction of sp³-hybridized carbons (Fsp3) is 0.467. The third-order valence-corrected chi connectivity index (χ3v) is 4.33. The molecule has 0 radical (unpaired) electrons. The van der Waals surface area contributed by atoms with Gasteiger partial charge in [-0.25, -0.2) is 4.52 Å². The van der Waals surface area contributed by atoms with Crippen molar-refractivity contribution in [1.29, 1.82) is 0 Å². The number of rotatable bonds is 4. The molecule has 0 atom stereocenters. The summed E-state index contributed by atoms with van der Waals surface area (Å²) in [6.45, 7) is 2.41. The molecule has 3 aromatic heterocycles. The minimum atomic E-state index is -0.146. The van der Waals surface area contributed by atoms with E-state index in [2.05, 4.69) is 30.9 Å². The molecule has 4 rings (SSSR count). The Balaban J connectivity index is 1.80. The number of hydrogen-bond donors (Lipinski definition) is 3. The maximum Gasteiger partial charge on any atom is 0.263 e. The minimum Gasteiger partial charge on any atom is -0.334 e. The molecule has 0 spiro atoms. The molecule has 9 nitrogen and oxygen atoms in total. The highest BCUT2D eigenvalue weighted by molar-refractivity contribution is 5.71. The predicted molar refractivity (Wildman–Crippen MR) is 86.7 cm³/mol. The minimum absolute atomic E-state index is 0.146. The molecule has 3 aromatic rings. The van der Waals surface area contributed by atoms with Crippen LogP contribution in [-0.2, 0) is 6.54 Å². The summed E-state index contributed by atoms with van der Waals surface area (Å²) >= 11 is 0. The van der Waals surface area contributed by atoms with Crippen LogP contribution in [0.25, 0.3) is 17.1 Å². The van der Waals surface area contributed by atoms with E-state index in [9.17, 15) is 4.79 Å². The van der Waals surface area contributed by atoms with Gasteiger partial charge in [-0.1, -0.05) is 5.16 Å². The Hall–Kier alpha value is -2.52. The molecule has 9 heteroatoms. The highest BCUT2D eigenvalue weighted by atomic mass is 16.5. The summed E-state index contributed by atoms with van der Waals surface area (Å²) in [5.74, 6) is 1.23. The van der Waals surface area contributed by atoms with Crippen LogP contribution in [0.4, 0.5) is 0 Å². The topological polar surface area (TPSA) is 113 Å². The molecule has 1 aliphatic rings. The maximum atomic E-state index is 12.1. The smallest absolute Gasteiger partial charge is 0.263 e. The van der Waals surface area contributed by atoms with Crippen LogP contribution < -0.4 is 16.2 Å². The van der Waals surface area contributed by atoms with E-state index in [1.54, 1.807) is 16.8 Å². The summed E-state index contributed by atoms with van der Waals surface area (Å²) in [5, 5.41) is 14.7. The van der Waals surface area contributed by atoms with E-state index in [-0.39, 0.29) is 5.56 Å². The first-order valence-corrected chi connectivity index (χ1v) is 8.05. The summed E-state index contributed by atoms with van der Waals surface area (Å²) in [4.78, 5) is 19.3. The molecule has 0 aromatic carbocycles. The normalized spacial score (nSPS) is 16.0. The van der Waals surface area contributed by atoms with E-state index in [0.717, 1.165) is 31.6 Å². The Morgan fingerprint density at radius 3 is 3.04 bits per heavy atom. The fourth-order valence-corrected chi connectivity index (χ4v) is 3.17. The van der Waals surface area contributed by atoms with Crippen LogP contribution in [-0.4, -0.2) is 44.9 Å². The number of H-pyrrole nitrogens is 1. The van der Waals surface area contributed by atoms with Gasteiger partial charge in [0.05, 0.1) is 18.4 Å². The van der Waals surface area contributed by atoms with Crippen molar-refractivity contribution in [3.63, 3.8) is 0 Å². The first-order valence-electron chi connectivity index (χ1n) is 8.05. The van der Waals surface area contributed by atoms with Crippen molar-refractivity contribution >= 4 is 5.65 Å². The van der Waals surface area contributed by atoms with Gasteiger partial charge in [-0.2, -0.15) is 10.1 Å². The van der Waals surface area contributed by atoms with Gasteiger partial charge in [-0.05, 0) is 33.0 Å². The molecule has 0 aliphatic carbocycles. The number of hydrogen-bond acceptors (Lipinski definition) is 7. The molecule has 126 valence electrons. The summed E-state index contributed by atoms with van der Waals surface area (Å²) in [5.41, 5.74) is 2.01. The molecule has 1 fully saturated rings. The molecule has 4 heterocycles. The number of nitrogens with zero attached hydrogens (tertiary/aromatic N) is 4. The molecule has 0 saturated carbocycles. The van der Waals surface area contributed by atoms with Gasteiger partial charge in [0.25, 0.3) is 11.4 Å². The van der Waals surface area contributed by atoms with E-state index in [0.29, 0.717) is 35.4 Å². The van der Waals surface area contributed by atoms with Gasteiger partial charge in [0.1, 0.15) is 11.2 Å². The average Bonchev–Trinajstić information content (AvgIpc) is 3.22. The SMILES string of the molecule is CNCc1noc(-c2cnn3c(C4CCNCC4)cc(=O)[nH]c23)n1.